The van der Waals surface area contributed by atoms with E-state index in [-0.39, 0.29) is 17.8 Å². The van der Waals surface area contributed by atoms with Crippen LogP contribution in [-0.4, -0.2) is 36.5 Å². The largest absolute Gasteiger partial charge is 0.466 e. The van der Waals surface area contributed by atoms with Gasteiger partial charge in [0.25, 0.3) is 0 Å². The Morgan fingerprint density at radius 2 is 1.89 bits per heavy atom. The third kappa shape index (κ3) is 3.95. The predicted molar refractivity (Wildman–Crippen MR) is 72.5 cm³/mol. The molecule has 4 heteroatoms. The maximum atomic E-state index is 12.3. The highest BCUT2D eigenvalue weighted by molar-refractivity contribution is 5.78. The summed E-state index contributed by atoms with van der Waals surface area (Å²) in [6, 6.07) is 0. The lowest BCUT2D eigenvalue weighted by molar-refractivity contribution is -0.151. The molecule has 0 unspecified atom stereocenters. The Hall–Kier alpha value is -1.06. The average molecular weight is 267 g/mol. The van der Waals surface area contributed by atoms with Crippen LogP contribution < -0.4 is 0 Å². The first-order chi connectivity index (χ1) is 9.20. The molecule has 1 heterocycles. The maximum absolute atomic E-state index is 12.3. The molecule has 1 saturated heterocycles. The van der Waals surface area contributed by atoms with Gasteiger partial charge in [-0.25, -0.2) is 0 Å². The summed E-state index contributed by atoms with van der Waals surface area (Å²) in [6.07, 6.45) is 7.37. The van der Waals surface area contributed by atoms with Crippen molar-refractivity contribution >= 4 is 11.9 Å². The van der Waals surface area contributed by atoms with E-state index in [1.54, 1.807) is 0 Å². The molecule has 108 valence electrons. The Kier molecular flexibility index (Phi) is 5.23. The highest BCUT2D eigenvalue weighted by atomic mass is 16.5. The second-order valence-electron chi connectivity index (χ2n) is 5.79. The molecule has 0 spiro atoms. The Balaban J connectivity index is 1.82. The Morgan fingerprint density at radius 1 is 1.16 bits per heavy atom. The molecule has 2 fully saturated rings. The van der Waals surface area contributed by atoms with Crippen LogP contribution in [0.3, 0.4) is 0 Å². The number of hydrogen-bond acceptors (Lipinski definition) is 3. The Bertz CT molecular complexity index is 323. The van der Waals surface area contributed by atoms with E-state index in [9.17, 15) is 9.59 Å². The maximum Gasteiger partial charge on any atom is 0.310 e. The van der Waals surface area contributed by atoms with Crippen LogP contribution >= 0.6 is 0 Å². The van der Waals surface area contributed by atoms with Gasteiger partial charge < -0.3 is 9.64 Å². The quantitative estimate of drug-likeness (QED) is 0.735. The van der Waals surface area contributed by atoms with E-state index in [2.05, 4.69) is 0 Å². The van der Waals surface area contributed by atoms with E-state index in [0.717, 1.165) is 19.4 Å². The lowest BCUT2D eigenvalue weighted by Gasteiger charge is -2.32. The molecule has 2 rings (SSSR count). The van der Waals surface area contributed by atoms with Gasteiger partial charge >= 0.3 is 5.97 Å². The molecule has 2 aliphatic rings. The van der Waals surface area contributed by atoms with Crippen molar-refractivity contribution < 1.29 is 14.3 Å². The van der Waals surface area contributed by atoms with E-state index in [0.29, 0.717) is 25.5 Å². The van der Waals surface area contributed by atoms with E-state index in [4.69, 9.17) is 4.74 Å². The number of hydrogen-bond donors (Lipinski definition) is 0. The van der Waals surface area contributed by atoms with E-state index >= 15 is 0 Å². The zero-order chi connectivity index (χ0) is 13.7. The molecule has 0 aromatic heterocycles. The van der Waals surface area contributed by atoms with Crippen LogP contribution in [0.1, 0.15) is 51.9 Å². The van der Waals surface area contributed by atoms with Gasteiger partial charge in [-0.15, -0.1) is 0 Å². The smallest absolute Gasteiger partial charge is 0.310 e. The van der Waals surface area contributed by atoms with Gasteiger partial charge in [-0.05, 0) is 38.5 Å². The lowest BCUT2D eigenvalue weighted by atomic mass is 9.96. The normalized spacial score (nSPS) is 24.5. The lowest BCUT2D eigenvalue weighted by Crippen LogP contribution is -2.43. The van der Waals surface area contributed by atoms with Crippen molar-refractivity contribution in [3.8, 4) is 0 Å². The third-order valence-electron chi connectivity index (χ3n) is 4.33. The summed E-state index contributed by atoms with van der Waals surface area (Å²) in [6.45, 7) is 3.61. The van der Waals surface area contributed by atoms with Gasteiger partial charge in [-0.2, -0.15) is 0 Å². The topological polar surface area (TPSA) is 46.6 Å². The molecule has 1 amide bonds. The summed E-state index contributed by atoms with van der Waals surface area (Å²) in [5.74, 6) is 0.568. The third-order valence-corrected chi connectivity index (χ3v) is 4.33. The van der Waals surface area contributed by atoms with Gasteiger partial charge in [-0.3, -0.25) is 9.59 Å². The van der Waals surface area contributed by atoms with E-state index < -0.39 is 0 Å². The molecule has 0 N–H and O–H groups in total. The van der Waals surface area contributed by atoms with Crippen molar-refractivity contribution in [1.82, 2.24) is 4.90 Å². The minimum Gasteiger partial charge on any atom is -0.466 e. The standard InChI is InChI=1S/C15H25NO3/c1-2-19-15(18)13-8-5-9-16(11-13)14(17)10-12-6-3-4-7-12/h12-13H,2-11H2,1H3/t13-/m0/s1. The first-order valence-corrected chi connectivity index (χ1v) is 7.65. The van der Waals surface area contributed by atoms with Crippen molar-refractivity contribution in [2.75, 3.05) is 19.7 Å². The highest BCUT2D eigenvalue weighted by Gasteiger charge is 2.30. The van der Waals surface area contributed by atoms with Gasteiger partial charge in [0.05, 0.1) is 12.5 Å². The highest BCUT2D eigenvalue weighted by Crippen LogP contribution is 2.29. The summed E-state index contributed by atoms with van der Waals surface area (Å²) in [4.78, 5) is 25.9. The minimum atomic E-state index is -0.138. The average Bonchev–Trinajstić information content (AvgIpc) is 2.92. The van der Waals surface area contributed by atoms with Gasteiger partial charge in [0.1, 0.15) is 0 Å². The minimum absolute atomic E-state index is 0.110. The fourth-order valence-electron chi connectivity index (χ4n) is 3.25. The van der Waals surface area contributed by atoms with Crippen LogP contribution in [0.4, 0.5) is 0 Å². The Morgan fingerprint density at radius 3 is 2.58 bits per heavy atom. The van der Waals surface area contributed by atoms with Gasteiger partial charge in [0, 0.05) is 19.5 Å². The van der Waals surface area contributed by atoms with Gasteiger partial charge in [0.15, 0.2) is 0 Å². The van der Waals surface area contributed by atoms with Crippen LogP contribution in [-0.2, 0) is 14.3 Å². The first kappa shape index (κ1) is 14.4. The molecule has 4 nitrogen and oxygen atoms in total. The van der Waals surface area contributed by atoms with Crippen LogP contribution in [0.5, 0.6) is 0 Å². The molecule has 0 bridgehead atoms. The molecule has 0 aromatic rings. The summed E-state index contributed by atoms with van der Waals surface area (Å²) in [5.41, 5.74) is 0. The molecule has 1 aliphatic heterocycles. The van der Waals surface area contributed by atoms with Crippen molar-refractivity contribution in [2.45, 2.75) is 51.9 Å². The number of carbonyl (C=O) groups excluding carboxylic acids is 2. The summed E-state index contributed by atoms with van der Waals surface area (Å²) < 4.78 is 5.07. The SMILES string of the molecule is CCOC(=O)[C@H]1CCCN(C(=O)CC2CCCC2)C1. The van der Waals surface area contributed by atoms with Crippen molar-refractivity contribution in [3.05, 3.63) is 0 Å². The second kappa shape index (κ2) is 6.92. The number of likely N-dealkylation sites (tertiary alicyclic amines) is 1. The van der Waals surface area contributed by atoms with Crippen molar-refractivity contribution in [2.24, 2.45) is 11.8 Å². The number of esters is 1. The predicted octanol–water partition coefficient (Wildman–Crippen LogP) is 2.37. The monoisotopic (exact) mass is 267 g/mol. The fraction of sp³-hybridized carbons (Fsp3) is 0.867. The van der Waals surface area contributed by atoms with Gasteiger partial charge in [-0.1, -0.05) is 12.8 Å². The Labute approximate surface area is 115 Å². The number of ether oxygens (including phenoxy) is 1. The molecular weight excluding hydrogens is 242 g/mol. The molecule has 1 aliphatic carbocycles. The number of piperidine rings is 1. The summed E-state index contributed by atoms with van der Waals surface area (Å²) in [7, 11) is 0. The van der Waals surface area contributed by atoms with Crippen molar-refractivity contribution in [3.63, 3.8) is 0 Å². The van der Waals surface area contributed by atoms with Crippen LogP contribution in [0, 0.1) is 11.8 Å². The van der Waals surface area contributed by atoms with Gasteiger partial charge in [0.2, 0.25) is 5.91 Å². The fourth-order valence-corrected chi connectivity index (χ4v) is 3.25. The molecule has 0 radical (unpaired) electrons. The van der Waals surface area contributed by atoms with Crippen LogP contribution in [0.25, 0.3) is 0 Å². The number of amides is 1. The molecule has 19 heavy (non-hydrogen) atoms. The van der Waals surface area contributed by atoms with Crippen molar-refractivity contribution in [1.29, 1.82) is 0 Å². The van der Waals surface area contributed by atoms with Crippen LogP contribution in [0.15, 0.2) is 0 Å². The molecule has 1 saturated carbocycles. The van der Waals surface area contributed by atoms with Crippen LogP contribution in [0.2, 0.25) is 0 Å². The second-order valence-corrected chi connectivity index (χ2v) is 5.79. The van der Waals surface area contributed by atoms with E-state index in [1.165, 1.54) is 25.7 Å². The first-order valence-electron chi connectivity index (χ1n) is 7.65. The number of carbonyl (C=O) groups is 2. The molecule has 1 atom stereocenters. The molecular formula is C15H25NO3. The summed E-state index contributed by atoms with van der Waals surface area (Å²) in [5, 5.41) is 0. The number of nitrogens with zero attached hydrogens (tertiary/aromatic N) is 1. The van der Waals surface area contributed by atoms with E-state index in [1.807, 2.05) is 11.8 Å². The molecule has 0 aromatic carbocycles. The summed E-state index contributed by atoms with van der Waals surface area (Å²) >= 11 is 0. The zero-order valence-corrected chi connectivity index (χ0v) is 11.9. The zero-order valence-electron chi connectivity index (χ0n) is 11.9. The number of rotatable bonds is 4.